The lowest BCUT2D eigenvalue weighted by Crippen LogP contribution is -2.07. The van der Waals surface area contributed by atoms with E-state index in [9.17, 15) is 14.9 Å². The van der Waals surface area contributed by atoms with Crippen molar-refractivity contribution in [1.29, 1.82) is 0 Å². The van der Waals surface area contributed by atoms with Crippen LogP contribution in [0.5, 0.6) is 0 Å². The van der Waals surface area contributed by atoms with Crippen molar-refractivity contribution in [3.05, 3.63) is 28.1 Å². The smallest absolute Gasteiger partial charge is 0.352 e. The second-order valence-electron chi connectivity index (χ2n) is 4.25. The molecule has 0 aromatic carbocycles. The van der Waals surface area contributed by atoms with E-state index in [2.05, 4.69) is 6.92 Å². The molecule has 1 N–H and O–H groups in total. The molecule has 0 spiro atoms. The Balaban J connectivity index is 2.63. The maximum atomic E-state index is 10.9. The molecular formula is C12H18N2O4. The molecule has 0 atom stereocenters. The van der Waals surface area contributed by atoms with Gasteiger partial charge in [-0.2, -0.15) is 0 Å². The molecule has 1 heterocycles. The van der Waals surface area contributed by atoms with Gasteiger partial charge < -0.3 is 9.67 Å². The van der Waals surface area contributed by atoms with Crippen molar-refractivity contribution in [2.45, 2.75) is 45.6 Å². The molecule has 1 rings (SSSR count). The maximum absolute atomic E-state index is 10.9. The minimum absolute atomic E-state index is 0.0165. The normalized spacial score (nSPS) is 10.5. The monoisotopic (exact) mass is 254 g/mol. The predicted octanol–water partition coefficient (Wildman–Crippen LogP) is 3.06. The van der Waals surface area contributed by atoms with E-state index in [4.69, 9.17) is 5.11 Å². The Morgan fingerprint density at radius 3 is 2.61 bits per heavy atom. The molecule has 6 nitrogen and oxygen atoms in total. The number of carbonyl (C=O) groups is 1. The van der Waals surface area contributed by atoms with Crippen LogP contribution in [0, 0.1) is 10.1 Å². The van der Waals surface area contributed by atoms with Crippen LogP contribution in [0.15, 0.2) is 12.3 Å². The summed E-state index contributed by atoms with van der Waals surface area (Å²) in [6.45, 7) is 2.64. The molecule has 100 valence electrons. The number of nitrogens with zero attached hydrogens (tertiary/aromatic N) is 2. The van der Waals surface area contributed by atoms with Crippen molar-refractivity contribution in [1.82, 2.24) is 4.57 Å². The summed E-state index contributed by atoms with van der Waals surface area (Å²) in [6.07, 6.45) is 6.57. The van der Waals surface area contributed by atoms with Crippen molar-refractivity contribution in [3.63, 3.8) is 0 Å². The van der Waals surface area contributed by atoms with E-state index in [-0.39, 0.29) is 11.4 Å². The zero-order valence-corrected chi connectivity index (χ0v) is 10.5. The first-order chi connectivity index (χ1) is 8.56. The van der Waals surface area contributed by atoms with Gasteiger partial charge in [0, 0.05) is 12.6 Å². The van der Waals surface area contributed by atoms with Crippen LogP contribution in [0.1, 0.15) is 49.5 Å². The molecule has 0 unspecified atom stereocenters. The van der Waals surface area contributed by atoms with Crippen molar-refractivity contribution >= 4 is 11.7 Å². The van der Waals surface area contributed by atoms with Crippen molar-refractivity contribution in [2.24, 2.45) is 0 Å². The highest BCUT2D eigenvalue weighted by Crippen LogP contribution is 2.17. The number of carboxylic acids is 1. The fourth-order valence-electron chi connectivity index (χ4n) is 1.84. The highest BCUT2D eigenvalue weighted by molar-refractivity contribution is 5.86. The lowest BCUT2D eigenvalue weighted by Gasteiger charge is -2.04. The maximum Gasteiger partial charge on any atom is 0.352 e. The minimum atomic E-state index is -1.13. The summed E-state index contributed by atoms with van der Waals surface area (Å²) in [4.78, 5) is 21.0. The fourth-order valence-corrected chi connectivity index (χ4v) is 1.84. The largest absolute Gasteiger partial charge is 0.477 e. The molecule has 0 saturated heterocycles. The van der Waals surface area contributed by atoms with E-state index in [1.807, 2.05) is 0 Å². The van der Waals surface area contributed by atoms with Gasteiger partial charge >= 0.3 is 5.97 Å². The third kappa shape index (κ3) is 3.87. The first-order valence-electron chi connectivity index (χ1n) is 6.14. The molecule has 1 aromatic rings. The van der Waals surface area contributed by atoms with Gasteiger partial charge in [-0.3, -0.25) is 10.1 Å². The van der Waals surface area contributed by atoms with Crippen LogP contribution < -0.4 is 0 Å². The Labute approximate surface area is 105 Å². The molecule has 1 aromatic heterocycles. The standard InChI is InChI=1S/C12H18N2O4/c1-2-3-4-5-6-7-13-9-10(14(17)18)8-11(13)12(15)16/h8-9H,2-7H2,1H3,(H,15,16). The summed E-state index contributed by atoms with van der Waals surface area (Å²) in [5, 5.41) is 19.6. The van der Waals surface area contributed by atoms with E-state index in [0.29, 0.717) is 6.54 Å². The van der Waals surface area contributed by atoms with E-state index in [1.54, 1.807) is 0 Å². The van der Waals surface area contributed by atoms with Gasteiger partial charge in [-0.05, 0) is 6.42 Å². The minimum Gasteiger partial charge on any atom is -0.477 e. The van der Waals surface area contributed by atoms with Gasteiger partial charge in [0.25, 0.3) is 5.69 Å². The zero-order valence-electron chi connectivity index (χ0n) is 10.5. The molecule has 6 heteroatoms. The Morgan fingerprint density at radius 2 is 2.06 bits per heavy atom. The molecule has 18 heavy (non-hydrogen) atoms. The second-order valence-corrected chi connectivity index (χ2v) is 4.25. The van der Waals surface area contributed by atoms with E-state index < -0.39 is 10.9 Å². The highest BCUT2D eigenvalue weighted by Gasteiger charge is 2.18. The Kier molecular flexibility index (Phi) is 5.35. The van der Waals surface area contributed by atoms with Gasteiger partial charge in [-0.15, -0.1) is 0 Å². The molecule has 0 fully saturated rings. The number of carboxylic acid groups (broad SMARTS) is 1. The topological polar surface area (TPSA) is 85.4 Å². The Morgan fingerprint density at radius 1 is 1.39 bits per heavy atom. The van der Waals surface area contributed by atoms with Crippen molar-refractivity contribution in [3.8, 4) is 0 Å². The van der Waals surface area contributed by atoms with Crippen LogP contribution in [-0.4, -0.2) is 20.6 Å². The van der Waals surface area contributed by atoms with Gasteiger partial charge in [-0.25, -0.2) is 4.79 Å². The van der Waals surface area contributed by atoms with Crippen LogP contribution >= 0.6 is 0 Å². The number of hydrogen-bond acceptors (Lipinski definition) is 3. The van der Waals surface area contributed by atoms with Gasteiger partial charge in [0.05, 0.1) is 11.1 Å². The summed E-state index contributed by atoms with van der Waals surface area (Å²) >= 11 is 0. The summed E-state index contributed by atoms with van der Waals surface area (Å²) in [6, 6.07) is 1.11. The van der Waals surface area contributed by atoms with Crippen LogP contribution in [0.25, 0.3) is 0 Å². The molecule has 0 radical (unpaired) electrons. The zero-order chi connectivity index (χ0) is 13.5. The molecule has 0 amide bonds. The van der Waals surface area contributed by atoms with Gasteiger partial charge in [0.1, 0.15) is 5.69 Å². The lowest BCUT2D eigenvalue weighted by atomic mass is 10.1. The molecule has 0 aliphatic heterocycles. The molecule has 0 saturated carbocycles. The SMILES string of the molecule is CCCCCCCn1cc([N+](=O)[O-])cc1C(=O)O. The fraction of sp³-hybridized carbons (Fsp3) is 0.583. The number of rotatable bonds is 8. The Bertz CT molecular complexity index is 426. The average Bonchev–Trinajstić information content (AvgIpc) is 2.73. The van der Waals surface area contributed by atoms with E-state index in [0.717, 1.165) is 38.2 Å². The van der Waals surface area contributed by atoms with E-state index >= 15 is 0 Å². The quantitative estimate of drug-likeness (QED) is 0.439. The predicted molar refractivity (Wildman–Crippen MR) is 66.8 cm³/mol. The number of hydrogen-bond donors (Lipinski definition) is 1. The van der Waals surface area contributed by atoms with Crippen molar-refractivity contribution in [2.75, 3.05) is 0 Å². The van der Waals surface area contributed by atoms with Gasteiger partial charge in [0.15, 0.2) is 0 Å². The summed E-state index contributed by atoms with van der Waals surface area (Å²) in [7, 11) is 0. The van der Waals surface area contributed by atoms with Crippen molar-refractivity contribution < 1.29 is 14.8 Å². The van der Waals surface area contributed by atoms with Crippen LogP contribution in [-0.2, 0) is 6.54 Å². The third-order valence-electron chi connectivity index (χ3n) is 2.81. The number of nitro groups is 1. The highest BCUT2D eigenvalue weighted by atomic mass is 16.6. The van der Waals surface area contributed by atoms with Crippen LogP contribution in [0.4, 0.5) is 5.69 Å². The first-order valence-corrected chi connectivity index (χ1v) is 6.14. The molecular weight excluding hydrogens is 236 g/mol. The molecule has 0 aliphatic carbocycles. The Hall–Kier alpha value is -1.85. The molecule has 0 aliphatic rings. The van der Waals surface area contributed by atoms with E-state index in [1.165, 1.54) is 10.8 Å². The number of aryl methyl sites for hydroxylation is 1. The van der Waals surface area contributed by atoms with Crippen LogP contribution in [0.2, 0.25) is 0 Å². The summed E-state index contributed by atoms with van der Waals surface area (Å²) < 4.78 is 1.45. The number of unbranched alkanes of at least 4 members (excludes halogenated alkanes) is 4. The van der Waals surface area contributed by atoms with Gasteiger partial charge in [0.2, 0.25) is 0 Å². The second kappa shape index (κ2) is 6.78. The lowest BCUT2D eigenvalue weighted by molar-refractivity contribution is -0.384. The summed E-state index contributed by atoms with van der Waals surface area (Å²) in [5.74, 6) is -1.13. The number of aromatic carboxylic acids is 1. The first kappa shape index (κ1) is 14.2. The summed E-state index contributed by atoms with van der Waals surface area (Å²) in [5.41, 5.74) is -0.182. The average molecular weight is 254 g/mol. The van der Waals surface area contributed by atoms with Gasteiger partial charge in [-0.1, -0.05) is 32.6 Å². The number of aromatic nitrogens is 1. The molecule has 0 bridgehead atoms. The van der Waals surface area contributed by atoms with Crippen LogP contribution in [0.3, 0.4) is 0 Å². The third-order valence-corrected chi connectivity index (χ3v) is 2.81.